The summed E-state index contributed by atoms with van der Waals surface area (Å²) >= 11 is 0. The normalized spacial score (nSPS) is 23.8. The Kier molecular flexibility index (Phi) is 3.92. The van der Waals surface area contributed by atoms with Crippen molar-refractivity contribution in [3.05, 3.63) is 35.4 Å². The van der Waals surface area contributed by atoms with Crippen LogP contribution in [0.15, 0.2) is 24.3 Å². The summed E-state index contributed by atoms with van der Waals surface area (Å²) < 4.78 is 35.5. The van der Waals surface area contributed by atoms with Gasteiger partial charge < -0.3 is 0 Å². The zero-order valence-electron chi connectivity index (χ0n) is 10.1. The Hall–Kier alpha value is -1.07. The lowest BCUT2D eigenvalue weighted by Crippen LogP contribution is -2.41. The van der Waals surface area contributed by atoms with Gasteiger partial charge in [-0.2, -0.15) is 18.7 Å². The molecule has 0 radical (unpaired) electrons. The molecule has 18 heavy (non-hydrogen) atoms. The first-order valence-electron chi connectivity index (χ1n) is 5.95. The van der Waals surface area contributed by atoms with Gasteiger partial charge in [0, 0.05) is 6.04 Å². The number of hydrogen-bond acceptors (Lipinski definition) is 2. The topological polar surface area (TPSA) is 21.3 Å². The fourth-order valence-electron chi connectivity index (χ4n) is 2.07. The monoisotopic (exact) mass is 259 g/mol. The van der Waals surface area contributed by atoms with Gasteiger partial charge in [0.15, 0.2) is 6.61 Å². The van der Waals surface area contributed by atoms with Crippen LogP contribution in [0.3, 0.4) is 0 Å². The Balaban J connectivity index is 1.69. The van der Waals surface area contributed by atoms with E-state index in [1.165, 1.54) is 11.1 Å². The van der Waals surface area contributed by atoms with Gasteiger partial charge in [0.1, 0.15) is 0 Å². The van der Waals surface area contributed by atoms with Crippen molar-refractivity contribution in [3.63, 3.8) is 0 Å². The molecule has 2 rings (SSSR count). The fourth-order valence-corrected chi connectivity index (χ4v) is 2.07. The van der Waals surface area contributed by atoms with Crippen LogP contribution in [-0.4, -0.2) is 18.8 Å². The predicted molar refractivity (Wildman–Crippen MR) is 62.1 cm³/mol. The summed E-state index contributed by atoms with van der Waals surface area (Å²) in [6, 6.07) is 8.28. The van der Waals surface area contributed by atoms with E-state index in [1.54, 1.807) is 0 Å². The molecule has 0 aromatic heterocycles. The highest BCUT2D eigenvalue weighted by Crippen LogP contribution is 2.36. The number of nitrogens with one attached hydrogen (secondary N) is 1. The van der Waals surface area contributed by atoms with E-state index in [9.17, 15) is 13.2 Å². The summed E-state index contributed by atoms with van der Waals surface area (Å²) in [4.78, 5) is 4.43. The van der Waals surface area contributed by atoms with Gasteiger partial charge in [-0.3, -0.25) is 4.84 Å². The molecule has 1 fully saturated rings. The third-order valence-corrected chi connectivity index (χ3v) is 3.17. The zero-order chi connectivity index (χ0) is 13.2. The minimum absolute atomic E-state index is 0.0265. The standard InChI is InChI=1S/C13H16F3NO/c1-9-2-4-10(5-3-9)11-6-12(7-11)17-18-8-13(14,15)16/h2-5,11-12,17H,6-8H2,1H3. The van der Waals surface area contributed by atoms with Crippen LogP contribution in [0.2, 0.25) is 0 Å². The lowest BCUT2D eigenvalue weighted by Gasteiger charge is -2.35. The highest BCUT2D eigenvalue weighted by atomic mass is 19.4. The number of alkyl halides is 3. The van der Waals surface area contributed by atoms with Gasteiger partial charge in [-0.05, 0) is 31.2 Å². The molecule has 1 saturated carbocycles. The molecule has 5 heteroatoms. The molecule has 1 aromatic rings. The molecule has 100 valence electrons. The van der Waals surface area contributed by atoms with Gasteiger partial charge in [-0.1, -0.05) is 29.8 Å². The molecule has 1 N–H and O–H groups in total. The molecule has 0 unspecified atom stereocenters. The molecule has 1 aliphatic rings. The third-order valence-electron chi connectivity index (χ3n) is 3.17. The van der Waals surface area contributed by atoms with Gasteiger partial charge in [-0.15, -0.1) is 0 Å². The second kappa shape index (κ2) is 5.28. The summed E-state index contributed by atoms with van der Waals surface area (Å²) in [5.41, 5.74) is 4.92. The minimum atomic E-state index is -4.27. The van der Waals surface area contributed by atoms with Gasteiger partial charge >= 0.3 is 6.18 Å². The Morgan fingerprint density at radius 1 is 1.22 bits per heavy atom. The highest BCUT2D eigenvalue weighted by Gasteiger charge is 2.32. The summed E-state index contributed by atoms with van der Waals surface area (Å²) in [7, 11) is 0. The maximum absolute atomic E-state index is 11.8. The van der Waals surface area contributed by atoms with E-state index in [0.29, 0.717) is 5.92 Å². The number of hydroxylamine groups is 1. The van der Waals surface area contributed by atoms with Gasteiger partial charge in [0.05, 0.1) is 0 Å². The molecule has 0 heterocycles. The Bertz CT molecular complexity index is 382. The van der Waals surface area contributed by atoms with E-state index >= 15 is 0 Å². The molecular weight excluding hydrogens is 243 g/mol. The van der Waals surface area contributed by atoms with Crippen LogP contribution in [0.5, 0.6) is 0 Å². The molecule has 0 saturated heterocycles. The first kappa shape index (κ1) is 13.4. The maximum Gasteiger partial charge on any atom is 0.413 e. The second-order valence-corrected chi connectivity index (χ2v) is 4.80. The average Bonchev–Trinajstić information content (AvgIpc) is 2.22. The molecule has 0 amide bonds. The van der Waals surface area contributed by atoms with Crippen LogP contribution in [0.1, 0.15) is 29.9 Å². The van der Waals surface area contributed by atoms with Crippen molar-refractivity contribution in [1.82, 2.24) is 5.48 Å². The van der Waals surface area contributed by atoms with Crippen molar-refractivity contribution in [2.24, 2.45) is 0 Å². The first-order chi connectivity index (χ1) is 8.44. The van der Waals surface area contributed by atoms with E-state index in [1.807, 2.05) is 6.92 Å². The molecule has 1 aromatic carbocycles. The van der Waals surface area contributed by atoms with Crippen LogP contribution in [0, 0.1) is 6.92 Å². The van der Waals surface area contributed by atoms with Gasteiger partial charge in [0.25, 0.3) is 0 Å². The smallest absolute Gasteiger partial charge is 0.292 e. The molecule has 2 nitrogen and oxygen atoms in total. The third kappa shape index (κ3) is 3.71. The number of halogens is 3. The largest absolute Gasteiger partial charge is 0.413 e. The van der Waals surface area contributed by atoms with Crippen molar-refractivity contribution in [1.29, 1.82) is 0 Å². The van der Waals surface area contributed by atoms with E-state index in [0.717, 1.165) is 12.8 Å². The molecule has 0 atom stereocenters. The predicted octanol–water partition coefficient (Wildman–Crippen LogP) is 3.32. The Morgan fingerprint density at radius 2 is 1.83 bits per heavy atom. The van der Waals surface area contributed by atoms with Crippen LogP contribution in [-0.2, 0) is 4.84 Å². The van der Waals surface area contributed by atoms with Crippen molar-refractivity contribution < 1.29 is 18.0 Å². The van der Waals surface area contributed by atoms with Crippen molar-refractivity contribution in [2.45, 2.75) is 37.9 Å². The second-order valence-electron chi connectivity index (χ2n) is 4.80. The van der Waals surface area contributed by atoms with E-state index in [2.05, 4.69) is 34.6 Å². The van der Waals surface area contributed by atoms with Crippen molar-refractivity contribution >= 4 is 0 Å². The first-order valence-corrected chi connectivity index (χ1v) is 5.95. The van der Waals surface area contributed by atoms with Crippen molar-refractivity contribution in [2.75, 3.05) is 6.61 Å². The fraction of sp³-hybridized carbons (Fsp3) is 0.538. The number of hydrogen-bond donors (Lipinski definition) is 1. The van der Waals surface area contributed by atoms with Crippen LogP contribution < -0.4 is 5.48 Å². The summed E-state index contributed by atoms with van der Waals surface area (Å²) in [5.74, 6) is 0.428. The molecule has 1 aliphatic carbocycles. The zero-order valence-corrected chi connectivity index (χ0v) is 10.1. The average molecular weight is 259 g/mol. The van der Waals surface area contributed by atoms with Crippen molar-refractivity contribution in [3.8, 4) is 0 Å². The summed E-state index contributed by atoms with van der Waals surface area (Å²) in [6.45, 7) is 0.790. The van der Waals surface area contributed by atoms with Gasteiger partial charge in [-0.25, -0.2) is 0 Å². The number of rotatable bonds is 4. The van der Waals surface area contributed by atoms with Crippen LogP contribution >= 0.6 is 0 Å². The SMILES string of the molecule is Cc1ccc(C2CC(NOCC(F)(F)F)C2)cc1. The van der Waals surface area contributed by atoms with Gasteiger partial charge in [0.2, 0.25) is 0 Å². The quantitative estimate of drug-likeness (QED) is 0.837. The van der Waals surface area contributed by atoms with E-state index < -0.39 is 12.8 Å². The molecule has 0 spiro atoms. The van der Waals surface area contributed by atoms with E-state index in [-0.39, 0.29) is 6.04 Å². The lowest BCUT2D eigenvalue weighted by atomic mass is 9.76. The Morgan fingerprint density at radius 3 is 2.39 bits per heavy atom. The minimum Gasteiger partial charge on any atom is -0.292 e. The summed E-state index contributed by atoms with van der Waals surface area (Å²) in [5, 5.41) is 0. The molecule has 0 aliphatic heterocycles. The molecular formula is C13H16F3NO. The number of benzene rings is 1. The Labute approximate surface area is 104 Å². The van der Waals surface area contributed by atoms with Crippen LogP contribution in [0.25, 0.3) is 0 Å². The molecule has 0 bridgehead atoms. The number of aryl methyl sites for hydroxylation is 1. The highest BCUT2D eigenvalue weighted by molar-refractivity contribution is 5.26. The lowest BCUT2D eigenvalue weighted by molar-refractivity contribution is -0.195. The van der Waals surface area contributed by atoms with Crippen LogP contribution in [0.4, 0.5) is 13.2 Å². The summed E-state index contributed by atoms with van der Waals surface area (Å²) in [6.07, 6.45) is -2.63. The maximum atomic E-state index is 11.8. The van der Waals surface area contributed by atoms with E-state index in [4.69, 9.17) is 0 Å².